The Morgan fingerprint density at radius 1 is 0.310 bits per heavy atom. The Labute approximate surface area is 337 Å². The van der Waals surface area contributed by atoms with Gasteiger partial charge in [0, 0.05) is 11.1 Å². The van der Waals surface area contributed by atoms with E-state index in [1.807, 2.05) is 12.1 Å². The number of amidine groups is 2. The number of hydrogen-bond donors (Lipinski definition) is 1. The largest absolute Gasteiger partial charge is 0.324 e. The molecule has 1 heterocycles. The normalized spacial score (nSPS) is 14.0. The van der Waals surface area contributed by atoms with Crippen molar-refractivity contribution in [1.29, 1.82) is 0 Å². The molecule has 58 heavy (non-hydrogen) atoms. The Hall–Kier alpha value is -7.62. The zero-order chi connectivity index (χ0) is 38.4. The van der Waals surface area contributed by atoms with Crippen LogP contribution < -0.4 is 5.32 Å². The maximum Gasteiger partial charge on any atom is 0.169 e. The second-order valence-electron chi connectivity index (χ2n) is 15.0. The van der Waals surface area contributed by atoms with E-state index in [9.17, 15) is 0 Å². The fourth-order valence-electron chi connectivity index (χ4n) is 8.72. The SMILES string of the molecule is c1ccc(C2=NC(c3cccc(-c4c(-c5ccc6c7ccccc7c7ccccc7c6c5)ccc5ccccc45)c3)N=C(c3cccc(-c4ccccc4)c3)N2)cc1. The van der Waals surface area contributed by atoms with E-state index in [0.29, 0.717) is 0 Å². The minimum Gasteiger partial charge on any atom is -0.324 e. The predicted molar refractivity (Wildman–Crippen MR) is 245 cm³/mol. The summed E-state index contributed by atoms with van der Waals surface area (Å²) in [6.07, 6.45) is -0.453. The molecule has 0 fully saturated rings. The molecule has 1 aliphatic rings. The molecule has 11 rings (SSSR count). The van der Waals surface area contributed by atoms with Crippen LogP contribution in [0, 0.1) is 0 Å². The van der Waals surface area contributed by atoms with Gasteiger partial charge in [0.05, 0.1) is 0 Å². The molecular weight excluding hydrogens is 703 g/mol. The lowest BCUT2D eigenvalue weighted by Gasteiger charge is -2.23. The smallest absolute Gasteiger partial charge is 0.169 e. The summed E-state index contributed by atoms with van der Waals surface area (Å²) >= 11 is 0. The van der Waals surface area contributed by atoms with Gasteiger partial charge in [-0.15, -0.1) is 0 Å². The van der Waals surface area contributed by atoms with Crippen molar-refractivity contribution in [1.82, 2.24) is 5.32 Å². The fourth-order valence-corrected chi connectivity index (χ4v) is 8.72. The first-order valence-corrected chi connectivity index (χ1v) is 19.8. The van der Waals surface area contributed by atoms with Crippen molar-refractivity contribution in [3.05, 3.63) is 229 Å². The molecular formula is C55H37N3. The Bertz CT molecular complexity index is 3220. The molecule has 0 aromatic heterocycles. The average molecular weight is 740 g/mol. The summed E-state index contributed by atoms with van der Waals surface area (Å²) in [5.74, 6) is 1.59. The zero-order valence-electron chi connectivity index (χ0n) is 31.7. The molecule has 3 heteroatoms. The van der Waals surface area contributed by atoms with Crippen molar-refractivity contribution < 1.29 is 0 Å². The van der Waals surface area contributed by atoms with E-state index in [1.165, 1.54) is 65.3 Å². The molecule has 0 radical (unpaired) electrons. The summed E-state index contributed by atoms with van der Waals surface area (Å²) in [5, 5.41) is 13.6. The lowest BCUT2D eigenvalue weighted by molar-refractivity contribution is 0.756. The van der Waals surface area contributed by atoms with Gasteiger partial charge in [-0.25, -0.2) is 9.98 Å². The van der Waals surface area contributed by atoms with E-state index in [1.54, 1.807) is 0 Å². The van der Waals surface area contributed by atoms with Crippen LogP contribution >= 0.6 is 0 Å². The van der Waals surface area contributed by atoms with Gasteiger partial charge in [-0.2, -0.15) is 0 Å². The number of nitrogens with zero attached hydrogens (tertiary/aromatic N) is 2. The van der Waals surface area contributed by atoms with E-state index in [-0.39, 0.29) is 0 Å². The summed E-state index contributed by atoms with van der Waals surface area (Å²) in [6, 6.07) is 76.1. The number of hydrogen-bond acceptors (Lipinski definition) is 3. The summed E-state index contributed by atoms with van der Waals surface area (Å²) in [5.41, 5.74) is 10.1. The third-order valence-electron chi connectivity index (χ3n) is 11.5. The molecule has 0 bridgehead atoms. The predicted octanol–water partition coefficient (Wildman–Crippen LogP) is 13.8. The van der Waals surface area contributed by atoms with E-state index < -0.39 is 6.17 Å². The molecule has 10 aromatic carbocycles. The summed E-state index contributed by atoms with van der Waals surface area (Å²) in [6.45, 7) is 0. The highest BCUT2D eigenvalue weighted by Gasteiger charge is 2.22. The van der Waals surface area contributed by atoms with Crippen molar-refractivity contribution in [2.75, 3.05) is 0 Å². The van der Waals surface area contributed by atoms with Gasteiger partial charge >= 0.3 is 0 Å². The Morgan fingerprint density at radius 2 is 0.845 bits per heavy atom. The fraction of sp³-hybridized carbons (Fsp3) is 0.0182. The highest BCUT2D eigenvalue weighted by Crippen LogP contribution is 2.42. The Morgan fingerprint density at radius 3 is 1.57 bits per heavy atom. The van der Waals surface area contributed by atoms with Crippen molar-refractivity contribution in [2.24, 2.45) is 9.98 Å². The van der Waals surface area contributed by atoms with Crippen LogP contribution in [0.4, 0.5) is 0 Å². The van der Waals surface area contributed by atoms with Crippen LogP contribution in [0.15, 0.2) is 222 Å². The number of nitrogens with one attached hydrogen (secondary N) is 1. The van der Waals surface area contributed by atoms with Gasteiger partial charge < -0.3 is 5.32 Å². The summed E-state index contributed by atoms with van der Waals surface area (Å²) in [7, 11) is 0. The van der Waals surface area contributed by atoms with Crippen LogP contribution in [0.25, 0.3) is 76.5 Å². The lowest BCUT2D eigenvalue weighted by Crippen LogP contribution is -2.36. The first-order chi connectivity index (χ1) is 28.7. The molecule has 1 unspecified atom stereocenters. The quantitative estimate of drug-likeness (QED) is 0.169. The van der Waals surface area contributed by atoms with Crippen molar-refractivity contribution in [3.63, 3.8) is 0 Å². The van der Waals surface area contributed by atoms with Crippen LogP contribution in [0.2, 0.25) is 0 Å². The summed E-state index contributed by atoms with van der Waals surface area (Å²) in [4.78, 5) is 10.6. The van der Waals surface area contributed by atoms with Crippen molar-refractivity contribution in [3.8, 4) is 33.4 Å². The molecule has 1 atom stereocenters. The standard InChI is InChI=1S/C55H37N3/c1-3-15-36(16-4-1)39-20-13-22-42(33-39)54-56-53(38-18-5-2-6-19-38)57-55(58-54)43-23-14-21-41(34-43)52-44-24-8-7-17-37(44)29-31-45(52)40-30-32-50-48-27-10-9-25-46(48)47-26-11-12-28-49(47)51(50)35-40/h1-35,55H,(H,56,57,58). The minimum atomic E-state index is -0.453. The maximum absolute atomic E-state index is 5.32. The van der Waals surface area contributed by atoms with E-state index >= 15 is 0 Å². The maximum atomic E-state index is 5.32. The first-order valence-electron chi connectivity index (χ1n) is 19.8. The van der Waals surface area contributed by atoms with Gasteiger partial charge in [0.2, 0.25) is 0 Å². The van der Waals surface area contributed by atoms with E-state index in [2.05, 4.69) is 206 Å². The molecule has 0 spiro atoms. The van der Waals surface area contributed by atoms with Crippen molar-refractivity contribution in [2.45, 2.75) is 6.17 Å². The number of rotatable bonds is 6. The number of aliphatic imine (C=N–C) groups is 2. The van der Waals surface area contributed by atoms with Crippen LogP contribution in [0.3, 0.4) is 0 Å². The average Bonchev–Trinajstić information content (AvgIpc) is 3.31. The van der Waals surface area contributed by atoms with Gasteiger partial charge in [-0.05, 0) is 100 Å². The van der Waals surface area contributed by atoms with Crippen LogP contribution in [0.5, 0.6) is 0 Å². The molecule has 0 saturated heterocycles. The first kappa shape index (κ1) is 33.7. The minimum absolute atomic E-state index is 0.453. The molecule has 0 saturated carbocycles. The molecule has 1 aliphatic heterocycles. The van der Waals surface area contributed by atoms with E-state index in [0.717, 1.165) is 39.5 Å². The van der Waals surface area contributed by atoms with Crippen LogP contribution in [-0.4, -0.2) is 11.7 Å². The zero-order valence-corrected chi connectivity index (χ0v) is 31.7. The third-order valence-corrected chi connectivity index (χ3v) is 11.5. The van der Waals surface area contributed by atoms with Gasteiger partial charge in [-0.1, -0.05) is 194 Å². The molecule has 272 valence electrons. The third kappa shape index (κ3) is 5.93. The van der Waals surface area contributed by atoms with Gasteiger partial charge in [0.1, 0.15) is 11.7 Å². The second kappa shape index (κ2) is 14.1. The van der Waals surface area contributed by atoms with Gasteiger partial charge in [0.25, 0.3) is 0 Å². The second-order valence-corrected chi connectivity index (χ2v) is 15.0. The van der Waals surface area contributed by atoms with Gasteiger partial charge in [0.15, 0.2) is 6.17 Å². The molecule has 0 aliphatic carbocycles. The highest BCUT2D eigenvalue weighted by atomic mass is 15.2. The lowest BCUT2D eigenvalue weighted by atomic mass is 9.87. The van der Waals surface area contributed by atoms with E-state index in [4.69, 9.17) is 9.98 Å². The Balaban J connectivity index is 1.07. The molecule has 0 amide bonds. The number of benzene rings is 10. The van der Waals surface area contributed by atoms with Gasteiger partial charge in [-0.3, -0.25) is 0 Å². The number of fused-ring (bicyclic) bond motifs is 7. The Kier molecular flexibility index (Phi) is 8.22. The van der Waals surface area contributed by atoms with Crippen LogP contribution in [0.1, 0.15) is 22.9 Å². The summed E-state index contributed by atoms with van der Waals surface area (Å²) < 4.78 is 0. The van der Waals surface area contributed by atoms with Crippen LogP contribution in [-0.2, 0) is 0 Å². The monoisotopic (exact) mass is 739 g/mol. The molecule has 3 nitrogen and oxygen atoms in total. The topological polar surface area (TPSA) is 36.8 Å². The molecule has 10 aromatic rings. The van der Waals surface area contributed by atoms with Crippen molar-refractivity contribution >= 4 is 54.8 Å². The highest BCUT2D eigenvalue weighted by molar-refractivity contribution is 6.26. The molecule has 1 N–H and O–H groups in total.